The van der Waals surface area contributed by atoms with Crippen LogP contribution >= 0.6 is 34.2 Å². The van der Waals surface area contributed by atoms with Crippen LogP contribution < -0.4 is 5.32 Å². The van der Waals surface area contributed by atoms with Crippen LogP contribution in [0, 0.1) is 22.0 Å². The van der Waals surface area contributed by atoms with Gasteiger partial charge in [0.05, 0.1) is 0 Å². The first-order valence-corrected chi connectivity index (χ1v) is 7.40. The molecule has 4 nitrogen and oxygen atoms in total. The van der Waals surface area contributed by atoms with Gasteiger partial charge in [-0.3, -0.25) is 4.79 Å². The maximum absolute atomic E-state index is 12.1. The molecule has 2 rings (SSSR count). The maximum Gasteiger partial charge on any atom is 0.266 e. The second kappa shape index (κ2) is 6.78. The summed E-state index contributed by atoms with van der Waals surface area (Å²) in [4.78, 5) is 12.1. The third-order valence-electron chi connectivity index (χ3n) is 2.68. The van der Waals surface area contributed by atoms with Crippen molar-refractivity contribution in [3.05, 3.63) is 56.0 Å². The van der Waals surface area contributed by atoms with Crippen LogP contribution in [0.4, 0.5) is 5.69 Å². The number of halogens is 2. The van der Waals surface area contributed by atoms with Crippen LogP contribution in [0.2, 0.25) is 5.02 Å². The van der Waals surface area contributed by atoms with Crippen LogP contribution in [0.5, 0.6) is 0 Å². The Labute approximate surface area is 140 Å². The summed E-state index contributed by atoms with van der Waals surface area (Å²) in [5, 5.41) is 12.4. The normalized spacial score (nSPS) is 11.0. The quantitative estimate of drug-likeness (QED) is 0.462. The van der Waals surface area contributed by atoms with Crippen molar-refractivity contribution in [2.24, 2.45) is 0 Å². The molecule has 6 heteroatoms. The Balaban J connectivity index is 2.21. The van der Waals surface area contributed by atoms with Gasteiger partial charge < -0.3 is 9.73 Å². The number of hydrogen-bond donors (Lipinski definition) is 1. The lowest BCUT2D eigenvalue weighted by Gasteiger charge is -2.07. The third-order valence-corrected chi connectivity index (χ3v) is 3.50. The van der Waals surface area contributed by atoms with Crippen LogP contribution in [0.15, 0.2) is 40.3 Å². The molecular weight excluding hydrogens is 403 g/mol. The van der Waals surface area contributed by atoms with E-state index in [1.54, 1.807) is 30.3 Å². The van der Waals surface area contributed by atoms with Gasteiger partial charge in [0.15, 0.2) is 3.77 Å². The number of furan rings is 1. The summed E-state index contributed by atoms with van der Waals surface area (Å²) in [6.07, 6.45) is 1.41. The molecule has 2 aromatic rings. The third kappa shape index (κ3) is 4.09. The molecule has 0 aliphatic rings. The Morgan fingerprint density at radius 2 is 2.19 bits per heavy atom. The largest absolute Gasteiger partial charge is 0.451 e. The van der Waals surface area contributed by atoms with Gasteiger partial charge in [-0.1, -0.05) is 11.6 Å². The van der Waals surface area contributed by atoms with Gasteiger partial charge in [0, 0.05) is 16.8 Å². The van der Waals surface area contributed by atoms with E-state index in [2.05, 4.69) is 5.32 Å². The second-order valence-electron chi connectivity index (χ2n) is 4.23. The number of rotatable bonds is 3. The summed E-state index contributed by atoms with van der Waals surface area (Å²) in [5.41, 5.74) is 1.40. The van der Waals surface area contributed by atoms with Gasteiger partial charge in [-0.05, 0) is 65.4 Å². The van der Waals surface area contributed by atoms with Gasteiger partial charge in [0.2, 0.25) is 0 Å². The van der Waals surface area contributed by atoms with Gasteiger partial charge in [0.1, 0.15) is 17.4 Å². The highest BCUT2D eigenvalue weighted by Crippen LogP contribution is 2.20. The Hall–Kier alpha value is -1.78. The van der Waals surface area contributed by atoms with E-state index < -0.39 is 5.91 Å². The van der Waals surface area contributed by atoms with Crippen molar-refractivity contribution in [2.45, 2.75) is 6.92 Å². The Kier molecular flexibility index (Phi) is 5.04. The summed E-state index contributed by atoms with van der Waals surface area (Å²) < 4.78 is 6.00. The van der Waals surface area contributed by atoms with Gasteiger partial charge in [0.25, 0.3) is 5.91 Å². The van der Waals surface area contributed by atoms with E-state index in [1.807, 2.05) is 35.6 Å². The minimum Gasteiger partial charge on any atom is -0.451 e. The van der Waals surface area contributed by atoms with E-state index >= 15 is 0 Å². The number of carbonyl (C=O) groups is 1. The zero-order valence-corrected chi connectivity index (χ0v) is 13.9. The monoisotopic (exact) mass is 412 g/mol. The van der Waals surface area contributed by atoms with E-state index in [4.69, 9.17) is 21.3 Å². The minimum absolute atomic E-state index is 0.0323. The zero-order chi connectivity index (χ0) is 15.4. The van der Waals surface area contributed by atoms with Crippen LogP contribution in [0.3, 0.4) is 0 Å². The molecule has 0 radical (unpaired) electrons. The molecule has 21 heavy (non-hydrogen) atoms. The molecule has 1 aromatic heterocycles. The summed E-state index contributed by atoms with van der Waals surface area (Å²) >= 11 is 7.87. The number of nitrogens with one attached hydrogen (secondary N) is 1. The SMILES string of the molecule is Cc1cc(Cl)ccc1NC(=O)/C(C#N)=C/c1ccc(I)o1. The summed E-state index contributed by atoms with van der Waals surface area (Å²) in [6.45, 7) is 1.83. The standard InChI is InChI=1S/C15H10ClIN2O2/c1-9-6-11(16)2-4-13(9)19-15(20)10(8-18)7-12-3-5-14(17)21-12/h2-7H,1H3,(H,19,20)/b10-7+. The van der Waals surface area contributed by atoms with Crippen molar-refractivity contribution in [3.63, 3.8) is 0 Å². The average molecular weight is 413 g/mol. The molecule has 0 bridgehead atoms. The lowest BCUT2D eigenvalue weighted by molar-refractivity contribution is -0.112. The smallest absolute Gasteiger partial charge is 0.266 e. The van der Waals surface area contributed by atoms with Crippen molar-refractivity contribution in [1.82, 2.24) is 0 Å². The average Bonchev–Trinajstić information content (AvgIpc) is 2.84. The topological polar surface area (TPSA) is 66.0 Å². The van der Waals surface area contributed by atoms with Crippen molar-refractivity contribution in [1.29, 1.82) is 5.26 Å². The number of aryl methyl sites for hydroxylation is 1. The first-order valence-electron chi connectivity index (χ1n) is 5.94. The highest BCUT2D eigenvalue weighted by molar-refractivity contribution is 14.1. The summed E-state index contributed by atoms with van der Waals surface area (Å²) in [5.74, 6) is -0.0340. The van der Waals surface area contributed by atoms with Crippen LogP contribution in [-0.2, 0) is 4.79 Å². The predicted octanol–water partition coefficient (Wildman–Crippen LogP) is 4.39. The minimum atomic E-state index is -0.491. The van der Waals surface area contributed by atoms with E-state index in [0.717, 1.165) is 5.56 Å². The predicted molar refractivity (Wildman–Crippen MR) is 89.8 cm³/mol. The highest BCUT2D eigenvalue weighted by Gasteiger charge is 2.12. The molecular formula is C15H10ClIN2O2. The van der Waals surface area contributed by atoms with Gasteiger partial charge in [-0.2, -0.15) is 5.26 Å². The Bertz CT molecular complexity index is 759. The van der Waals surface area contributed by atoms with E-state index in [-0.39, 0.29) is 5.57 Å². The molecule has 1 amide bonds. The Morgan fingerprint density at radius 3 is 2.76 bits per heavy atom. The fourth-order valence-corrected chi connectivity index (χ4v) is 2.31. The molecule has 0 saturated carbocycles. The van der Waals surface area contributed by atoms with Crippen molar-refractivity contribution < 1.29 is 9.21 Å². The number of hydrogen-bond acceptors (Lipinski definition) is 3. The molecule has 106 valence electrons. The summed E-state index contributed by atoms with van der Waals surface area (Å²) in [7, 11) is 0. The molecule has 0 aliphatic heterocycles. The molecule has 0 atom stereocenters. The molecule has 0 aliphatic carbocycles. The molecule has 0 saturated heterocycles. The van der Waals surface area contributed by atoms with Gasteiger partial charge in [-0.25, -0.2) is 0 Å². The number of nitrogens with zero attached hydrogens (tertiary/aromatic N) is 1. The number of carbonyl (C=O) groups excluding carboxylic acids is 1. The lowest BCUT2D eigenvalue weighted by atomic mass is 10.1. The molecule has 1 heterocycles. The molecule has 0 fully saturated rings. The van der Waals surface area contributed by atoms with Crippen molar-refractivity contribution in [3.8, 4) is 6.07 Å². The first-order chi connectivity index (χ1) is 9.99. The zero-order valence-electron chi connectivity index (χ0n) is 11.0. The Morgan fingerprint density at radius 1 is 1.43 bits per heavy atom. The summed E-state index contributed by atoms with van der Waals surface area (Å²) in [6, 6.07) is 10.4. The van der Waals surface area contributed by atoms with E-state index in [1.165, 1.54) is 6.08 Å². The first kappa shape index (κ1) is 15.6. The maximum atomic E-state index is 12.1. The van der Waals surface area contributed by atoms with E-state index in [0.29, 0.717) is 20.2 Å². The number of benzene rings is 1. The van der Waals surface area contributed by atoms with E-state index in [9.17, 15) is 4.79 Å². The highest BCUT2D eigenvalue weighted by atomic mass is 127. The van der Waals surface area contributed by atoms with Crippen LogP contribution in [0.25, 0.3) is 6.08 Å². The number of nitriles is 1. The second-order valence-corrected chi connectivity index (χ2v) is 5.72. The number of amides is 1. The van der Waals surface area contributed by atoms with Crippen LogP contribution in [0.1, 0.15) is 11.3 Å². The molecule has 1 aromatic carbocycles. The fraction of sp³-hybridized carbons (Fsp3) is 0.0667. The van der Waals surface area contributed by atoms with Gasteiger partial charge in [-0.15, -0.1) is 0 Å². The van der Waals surface area contributed by atoms with Gasteiger partial charge >= 0.3 is 0 Å². The molecule has 0 unspecified atom stereocenters. The fourth-order valence-electron chi connectivity index (χ4n) is 1.65. The molecule has 1 N–H and O–H groups in total. The van der Waals surface area contributed by atoms with Crippen LogP contribution in [-0.4, -0.2) is 5.91 Å². The lowest BCUT2D eigenvalue weighted by Crippen LogP contribution is -2.14. The number of anilines is 1. The van der Waals surface area contributed by atoms with Crippen molar-refractivity contribution >= 4 is 51.9 Å². The van der Waals surface area contributed by atoms with Crippen molar-refractivity contribution in [2.75, 3.05) is 5.32 Å². The molecule has 0 spiro atoms.